The van der Waals surface area contributed by atoms with Crippen LogP contribution in [-0.2, 0) is 6.54 Å². The molecular formula is C16H16N2O3. The van der Waals surface area contributed by atoms with Gasteiger partial charge in [-0.2, -0.15) is 0 Å². The van der Waals surface area contributed by atoms with Crippen LogP contribution in [0.5, 0.6) is 11.5 Å². The highest BCUT2D eigenvalue weighted by Gasteiger charge is 2.12. The van der Waals surface area contributed by atoms with Gasteiger partial charge in [0, 0.05) is 12.1 Å². The number of ether oxygens (including phenoxy) is 2. The van der Waals surface area contributed by atoms with Gasteiger partial charge in [-0.15, -0.1) is 0 Å². The zero-order valence-corrected chi connectivity index (χ0v) is 11.9. The van der Waals surface area contributed by atoms with Crippen molar-refractivity contribution < 1.29 is 13.9 Å². The Kier molecular flexibility index (Phi) is 3.50. The van der Waals surface area contributed by atoms with Gasteiger partial charge < -0.3 is 19.6 Å². The second-order valence-electron chi connectivity index (χ2n) is 4.59. The van der Waals surface area contributed by atoms with E-state index in [0.717, 1.165) is 22.2 Å². The number of nitrogens with two attached hydrogens (primary N) is 1. The fourth-order valence-corrected chi connectivity index (χ4v) is 2.19. The first-order valence-electron chi connectivity index (χ1n) is 6.57. The molecule has 0 spiro atoms. The molecule has 1 aromatic heterocycles. The van der Waals surface area contributed by atoms with Crippen LogP contribution in [0.3, 0.4) is 0 Å². The van der Waals surface area contributed by atoms with Gasteiger partial charge in [-0.25, -0.2) is 4.98 Å². The van der Waals surface area contributed by atoms with Gasteiger partial charge >= 0.3 is 0 Å². The second-order valence-corrected chi connectivity index (χ2v) is 4.59. The van der Waals surface area contributed by atoms with E-state index in [-0.39, 0.29) is 0 Å². The van der Waals surface area contributed by atoms with E-state index in [1.165, 1.54) is 0 Å². The molecule has 0 aliphatic rings. The van der Waals surface area contributed by atoms with E-state index in [0.29, 0.717) is 23.9 Å². The summed E-state index contributed by atoms with van der Waals surface area (Å²) < 4.78 is 16.3. The number of rotatable bonds is 4. The summed E-state index contributed by atoms with van der Waals surface area (Å²) in [5, 5.41) is 0. The third kappa shape index (κ3) is 2.43. The van der Waals surface area contributed by atoms with Crippen LogP contribution in [0.1, 0.15) is 5.56 Å². The Hall–Kier alpha value is -2.53. The second kappa shape index (κ2) is 5.46. The molecule has 0 atom stereocenters. The first-order chi connectivity index (χ1) is 10.2. The van der Waals surface area contributed by atoms with E-state index < -0.39 is 0 Å². The zero-order valence-electron chi connectivity index (χ0n) is 11.9. The molecule has 1 heterocycles. The molecule has 0 aliphatic heterocycles. The minimum atomic E-state index is 0.475. The van der Waals surface area contributed by atoms with Crippen LogP contribution in [0, 0.1) is 0 Å². The molecule has 0 aliphatic carbocycles. The predicted octanol–water partition coefficient (Wildman–Crippen LogP) is 2.97. The Morgan fingerprint density at radius 2 is 1.86 bits per heavy atom. The first kappa shape index (κ1) is 13.5. The number of hydrogen-bond acceptors (Lipinski definition) is 5. The molecule has 3 rings (SSSR count). The van der Waals surface area contributed by atoms with Crippen LogP contribution < -0.4 is 15.2 Å². The SMILES string of the molecule is COc1ccc(-c2nc3ccc(CN)cc3o2)cc1OC. The molecule has 0 bridgehead atoms. The van der Waals surface area contributed by atoms with Crippen molar-refractivity contribution in [3.05, 3.63) is 42.0 Å². The van der Waals surface area contributed by atoms with Gasteiger partial charge in [0.25, 0.3) is 0 Å². The van der Waals surface area contributed by atoms with Crippen molar-refractivity contribution in [2.45, 2.75) is 6.54 Å². The van der Waals surface area contributed by atoms with Gasteiger partial charge in [0.15, 0.2) is 17.1 Å². The molecule has 2 aromatic carbocycles. The smallest absolute Gasteiger partial charge is 0.227 e. The highest BCUT2D eigenvalue weighted by atomic mass is 16.5. The maximum Gasteiger partial charge on any atom is 0.227 e. The predicted molar refractivity (Wildman–Crippen MR) is 80.4 cm³/mol. The average molecular weight is 284 g/mol. The molecule has 0 fully saturated rings. The third-order valence-electron chi connectivity index (χ3n) is 3.32. The molecule has 108 valence electrons. The Morgan fingerprint density at radius 1 is 1.05 bits per heavy atom. The summed E-state index contributed by atoms with van der Waals surface area (Å²) in [4.78, 5) is 4.49. The van der Waals surface area contributed by atoms with Crippen molar-refractivity contribution in [2.75, 3.05) is 14.2 Å². The lowest BCUT2D eigenvalue weighted by Gasteiger charge is -2.07. The fourth-order valence-electron chi connectivity index (χ4n) is 2.19. The minimum absolute atomic E-state index is 0.475. The summed E-state index contributed by atoms with van der Waals surface area (Å²) in [6, 6.07) is 11.3. The lowest BCUT2D eigenvalue weighted by molar-refractivity contribution is 0.355. The van der Waals surface area contributed by atoms with Gasteiger partial charge in [-0.05, 0) is 35.9 Å². The molecule has 0 radical (unpaired) electrons. The Balaban J connectivity index is 2.07. The van der Waals surface area contributed by atoms with Crippen molar-refractivity contribution >= 4 is 11.1 Å². The summed E-state index contributed by atoms with van der Waals surface area (Å²) in [7, 11) is 3.20. The highest BCUT2D eigenvalue weighted by molar-refractivity contribution is 5.77. The summed E-state index contributed by atoms with van der Waals surface area (Å²) in [6.45, 7) is 0.475. The third-order valence-corrected chi connectivity index (χ3v) is 3.32. The number of benzene rings is 2. The van der Waals surface area contributed by atoms with Gasteiger partial charge in [0.1, 0.15) is 5.52 Å². The van der Waals surface area contributed by atoms with Crippen LogP contribution in [-0.4, -0.2) is 19.2 Å². The van der Waals surface area contributed by atoms with E-state index >= 15 is 0 Å². The number of fused-ring (bicyclic) bond motifs is 1. The van der Waals surface area contributed by atoms with Crippen LogP contribution >= 0.6 is 0 Å². The van der Waals surface area contributed by atoms with Gasteiger partial charge in [0.2, 0.25) is 5.89 Å². The number of hydrogen-bond donors (Lipinski definition) is 1. The van der Waals surface area contributed by atoms with Gasteiger partial charge in [-0.1, -0.05) is 6.07 Å². The summed E-state index contributed by atoms with van der Waals surface area (Å²) >= 11 is 0. The number of aromatic nitrogens is 1. The van der Waals surface area contributed by atoms with Gasteiger partial charge in [0.05, 0.1) is 14.2 Å². The highest BCUT2D eigenvalue weighted by Crippen LogP contribution is 2.33. The van der Waals surface area contributed by atoms with E-state index in [1.54, 1.807) is 14.2 Å². The summed E-state index contributed by atoms with van der Waals surface area (Å²) in [6.07, 6.45) is 0. The van der Waals surface area contributed by atoms with Crippen molar-refractivity contribution in [2.24, 2.45) is 5.73 Å². The van der Waals surface area contributed by atoms with Crippen LogP contribution in [0.25, 0.3) is 22.6 Å². The number of methoxy groups -OCH3 is 2. The van der Waals surface area contributed by atoms with Crippen LogP contribution in [0.4, 0.5) is 0 Å². The molecule has 0 saturated carbocycles. The van der Waals surface area contributed by atoms with Gasteiger partial charge in [-0.3, -0.25) is 0 Å². The van der Waals surface area contributed by atoms with E-state index in [1.807, 2.05) is 36.4 Å². The normalized spacial score (nSPS) is 10.8. The standard InChI is InChI=1S/C16H16N2O3/c1-19-13-6-4-11(8-15(13)20-2)16-18-12-5-3-10(9-17)7-14(12)21-16/h3-8H,9,17H2,1-2H3. The molecule has 3 aromatic rings. The van der Waals surface area contributed by atoms with E-state index in [2.05, 4.69) is 4.98 Å². The molecular weight excluding hydrogens is 268 g/mol. The average Bonchev–Trinajstić information content (AvgIpc) is 2.96. The summed E-state index contributed by atoms with van der Waals surface area (Å²) in [5.74, 6) is 1.85. The lowest BCUT2D eigenvalue weighted by Crippen LogP contribution is -1.94. The fraction of sp³-hybridized carbons (Fsp3) is 0.188. The molecule has 2 N–H and O–H groups in total. The topological polar surface area (TPSA) is 70.5 Å². The lowest BCUT2D eigenvalue weighted by atomic mass is 10.2. The maximum atomic E-state index is 5.81. The quantitative estimate of drug-likeness (QED) is 0.797. The van der Waals surface area contributed by atoms with Crippen molar-refractivity contribution in [1.29, 1.82) is 0 Å². The summed E-state index contributed by atoms with van der Waals surface area (Å²) in [5.41, 5.74) is 9.01. The molecule has 5 heteroatoms. The number of nitrogens with zero attached hydrogens (tertiary/aromatic N) is 1. The minimum Gasteiger partial charge on any atom is -0.493 e. The van der Waals surface area contributed by atoms with Crippen LogP contribution in [0.15, 0.2) is 40.8 Å². The monoisotopic (exact) mass is 284 g/mol. The Bertz CT molecular complexity index is 780. The first-order valence-corrected chi connectivity index (χ1v) is 6.57. The van der Waals surface area contributed by atoms with Crippen molar-refractivity contribution in [3.63, 3.8) is 0 Å². The Labute approximate surface area is 122 Å². The van der Waals surface area contributed by atoms with Crippen molar-refractivity contribution in [3.8, 4) is 23.0 Å². The van der Waals surface area contributed by atoms with E-state index in [4.69, 9.17) is 19.6 Å². The molecule has 5 nitrogen and oxygen atoms in total. The number of oxazole rings is 1. The van der Waals surface area contributed by atoms with Crippen molar-refractivity contribution in [1.82, 2.24) is 4.98 Å². The largest absolute Gasteiger partial charge is 0.493 e. The zero-order chi connectivity index (χ0) is 14.8. The van der Waals surface area contributed by atoms with Crippen LogP contribution in [0.2, 0.25) is 0 Å². The Morgan fingerprint density at radius 3 is 2.57 bits per heavy atom. The molecule has 0 amide bonds. The molecule has 0 saturated heterocycles. The molecule has 21 heavy (non-hydrogen) atoms. The molecule has 0 unspecified atom stereocenters. The van der Waals surface area contributed by atoms with E-state index in [9.17, 15) is 0 Å². The maximum absolute atomic E-state index is 5.81.